The Morgan fingerprint density at radius 3 is 2.65 bits per heavy atom. The Labute approximate surface area is 136 Å². The molecule has 0 aromatic heterocycles. The predicted octanol–water partition coefficient (Wildman–Crippen LogP) is 3.56. The molecule has 0 fully saturated rings. The number of amides is 1. The van der Waals surface area contributed by atoms with Crippen molar-refractivity contribution in [1.82, 2.24) is 0 Å². The van der Waals surface area contributed by atoms with E-state index in [0.29, 0.717) is 41.0 Å². The summed E-state index contributed by atoms with van der Waals surface area (Å²) in [6.07, 6.45) is 0. The van der Waals surface area contributed by atoms with Crippen LogP contribution in [-0.4, -0.2) is 19.6 Å². The van der Waals surface area contributed by atoms with Crippen molar-refractivity contribution in [3.63, 3.8) is 0 Å². The van der Waals surface area contributed by atoms with Crippen LogP contribution in [0.4, 0.5) is 11.4 Å². The molecular weight excluding hydrogens is 292 g/mol. The number of nitrogen functional groups attached to an aromatic ring is 1. The average Bonchev–Trinajstić information content (AvgIpc) is 2.55. The topological polar surface area (TPSA) is 73.6 Å². The van der Waals surface area contributed by atoms with E-state index in [0.717, 1.165) is 0 Å². The van der Waals surface area contributed by atoms with Crippen LogP contribution >= 0.6 is 0 Å². The largest absolute Gasteiger partial charge is 0.497 e. The number of rotatable bonds is 6. The summed E-state index contributed by atoms with van der Waals surface area (Å²) in [4.78, 5) is 12.4. The predicted molar refractivity (Wildman–Crippen MR) is 92.1 cm³/mol. The molecule has 2 aromatic carbocycles. The lowest BCUT2D eigenvalue weighted by molar-refractivity contribution is 0.102. The Morgan fingerprint density at radius 1 is 1.17 bits per heavy atom. The van der Waals surface area contributed by atoms with Crippen molar-refractivity contribution in [2.75, 3.05) is 24.8 Å². The number of carbonyl (C=O) groups is 1. The van der Waals surface area contributed by atoms with Gasteiger partial charge in [-0.05, 0) is 36.2 Å². The summed E-state index contributed by atoms with van der Waals surface area (Å²) in [5, 5.41) is 2.79. The van der Waals surface area contributed by atoms with Crippen LogP contribution in [0.25, 0.3) is 0 Å². The zero-order chi connectivity index (χ0) is 16.8. The highest BCUT2D eigenvalue weighted by Gasteiger charge is 2.10. The van der Waals surface area contributed by atoms with Crippen LogP contribution < -0.4 is 20.5 Å². The fraction of sp³-hybridized carbons (Fsp3) is 0.278. The number of anilines is 2. The molecular formula is C18H22N2O3. The van der Waals surface area contributed by atoms with Crippen LogP contribution in [0.5, 0.6) is 11.5 Å². The fourth-order valence-corrected chi connectivity index (χ4v) is 1.96. The summed E-state index contributed by atoms with van der Waals surface area (Å²) in [7, 11) is 1.56. The average molecular weight is 314 g/mol. The molecule has 5 nitrogen and oxygen atoms in total. The molecule has 0 saturated heterocycles. The number of nitrogens with one attached hydrogen (secondary N) is 1. The quantitative estimate of drug-likeness (QED) is 0.800. The Balaban J connectivity index is 2.13. The Hall–Kier alpha value is -2.69. The highest BCUT2D eigenvalue weighted by Crippen LogP contribution is 2.25. The molecule has 0 heterocycles. The number of ether oxygens (including phenoxy) is 2. The second-order valence-corrected chi connectivity index (χ2v) is 5.64. The third-order valence-electron chi connectivity index (χ3n) is 3.19. The van der Waals surface area contributed by atoms with E-state index in [4.69, 9.17) is 15.2 Å². The van der Waals surface area contributed by atoms with Crippen molar-refractivity contribution < 1.29 is 14.3 Å². The molecule has 0 aliphatic carbocycles. The van der Waals surface area contributed by atoms with Crippen LogP contribution in [-0.2, 0) is 0 Å². The summed E-state index contributed by atoms with van der Waals surface area (Å²) < 4.78 is 10.8. The molecule has 0 saturated carbocycles. The number of hydrogen-bond acceptors (Lipinski definition) is 4. The van der Waals surface area contributed by atoms with E-state index >= 15 is 0 Å². The molecule has 0 unspecified atom stereocenters. The monoisotopic (exact) mass is 314 g/mol. The van der Waals surface area contributed by atoms with Crippen molar-refractivity contribution in [2.45, 2.75) is 13.8 Å². The van der Waals surface area contributed by atoms with E-state index in [1.807, 2.05) is 6.07 Å². The molecule has 3 N–H and O–H groups in total. The van der Waals surface area contributed by atoms with Crippen molar-refractivity contribution in [2.24, 2.45) is 5.92 Å². The second-order valence-electron chi connectivity index (χ2n) is 5.64. The number of hydrogen-bond donors (Lipinski definition) is 2. The van der Waals surface area contributed by atoms with Crippen LogP contribution in [0, 0.1) is 5.92 Å². The minimum absolute atomic E-state index is 0.250. The van der Waals surface area contributed by atoms with Crippen LogP contribution in [0.2, 0.25) is 0 Å². The molecule has 0 radical (unpaired) electrons. The lowest BCUT2D eigenvalue weighted by Gasteiger charge is -2.12. The molecule has 1 amide bonds. The van der Waals surface area contributed by atoms with E-state index in [-0.39, 0.29) is 5.91 Å². The zero-order valence-electron chi connectivity index (χ0n) is 13.6. The van der Waals surface area contributed by atoms with Crippen LogP contribution in [0.1, 0.15) is 24.2 Å². The second kappa shape index (κ2) is 7.54. The van der Waals surface area contributed by atoms with Gasteiger partial charge in [0.2, 0.25) is 0 Å². The lowest BCUT2D eigenvalue weighted by atomic mass is 10.2. The minimum Gasteiger partial charge on any atom is -0.497 e. The van der Waals surface area contributed by atoms with Gasteiger partial charge in [-0.25, -0.2) is 0 Å². The maximum absolute atomic E-state index is 12.4. The van der Waals surface area contributed by atoms with E-state index in [2.05, 4.69) is 19.2 Å². The van der Waals surface area contributed by atoms with Crippen molar-refractivity contribution in [3.8, 4) is 11.5 Å². The number of benzene rings is 2. The van der Waals surface area contributed by atoms with Gasteiger partial charge in [0.15, 0.2) is 0 Å². The molecule has 0 spiro atoms. The van der Waals surface area contributed by atoms with E-state index in [9.17, 15) is 4.79 Å². The normalized spacial score (nSPS) is 10.4. The third-order valence-corrected chi connectivity index (χ3v) is 3.19. The minimum atomic E-state index is -0.250. The smallest absolute Gasteiger partial charge is 0.255 e. The van der Waals surface area contributed by atoms with E-state index in [1.54, 1.807) is 43.5 Å². The zero-order valence-corrected chi connectivity index (χ0v) is 13.6. The Kier molecular flexibility index (Phi) is 5.46. The molecule has 23 heavy (non-hydrogen) atoms. The number of carbonyl (C=O) groups excluding carboxylic acids is 1. The fourth-order valence-electron chi connectivity index (χ4n) is 1.96. The first-order valence-electron chi connectivity index (χ1n) is 7.47. The Morgan fingerprint density at radius 2 is 1.96 bits per heavy atom. The number of methoxy groups -OCH3 is 1. The first kappa shape index (κ1) is 16.7. The van der Waals surface area contributed by atoms with Gasteiger partial charge in [0.1, 0.15) is 11.5 Å². The molecule has 122 valence electrons. The molecule has 0 atom stereocenters. The summed E-state index contributed by atoms with van der Waals surface area (Å²) in [6.45, 7) is 4.75. The van der Waals surface area contributed by atoms with Gasteiger partial charge in [-0.2, -0.15) is 0 Å². The maximum Gasteiger partial charge on any atom is 0.255 e. The first-order valence-corrected chi connectivity index (χ1v) is 7.47. The SMILES string of the molecule is COc1ccc(N)c(NC(=O)c2cccc(OCC(C)C)c2)c1. The summed E-state index contributed by atoms with van der Waals surface area (Å²) >= 11 is 0. The van der Waals surface area contributed by atoms with Gasteiger partial charge in [-0.1, -0.05) is 19.9 Å². The van der Waals surface area contributed by atoms with E-state index in [1.165, 1.54) is 0 Å². The van der Waals surface area contributed by atoms with Crippen molar-refractivity contribution in [3.05, 3.63) is 48.0 Å². The first-order chi connectivity index (χ1) is 11.0. The highest BCUT2D eigenvalue weighted by molar-refractivity contribution is 6.06. The van der Waals surface area contributed by atoms with Crippen LogP contribution in [0.15, 0.2) is 42.5 Å². The van der Waals surface area contributed by atoms with Crippen LogP contribution in [0.3, 0.4) is 0 Å². The molecule has 0 aliphatic rings. The summed E-state index contributed by atoms with van der Waals surface area (Å²) in [6, 6.07) is 12.2. The molecule has 2 rings (SSSR count). The number of nitrogens with two attached hydrogens (primary N) is 1. The van der Waals surface area contributed by atoms with Gasteiger partial charge in [0, 0.05) is 11.6 Å². The molecule has 5 heteroatoms. The molecule has 2 aromatic rings. The van der Waals surface area contributed by atoms with Gasteiger partial charge in [-0.15, -0.1) is 0 Å². The Bertz CT molecular complexity index is 684. The summed E-state index contributed by atoms with van der Waals surface area (Å²) in [5.74, 6) is 1.47. The standard InChI is InChI=1S/C18H22N2O3/c1-12(2)11-23-15-6-4-5-13(9-15)18(21)20-17-10-14(22-3)7-8-16(17)19/h4-10,12H,11,19H2,1-3H3,(H,20,21). The van der Waals surface area contributed by atoms with Crippen molar-refractivity contribution >= 4 is 17.3 Å². The van der Waals surface area contributed by atoms with Gasteiger partial charge >= 0.3 is 0 Å². The highest BCUT2D eigenvalue weighted by atomic mass is 16.5. The van der Waals surface area contributed by atoms with Gasteiger partial charge in [0.25, 0.3) is 5.91 Å². The van der Waals surface area contributed by atoms with Gasteiger partial charge in [-0.3, -0.25) is 4.79 Å². The van der Waals surface area contributed by atoms with Crippen molar-refractivity contribution in [1.29, 1.82) is 0 Å². The van der Waals surface area contributed by atoms with E-state index < -0.39 is 0 Å². The van der Waals surface area contributed by atoms with Gasteiger partial charge < -0.3 is 20.5 Å². The summed E-state index contributed by atoms with van der Waals surface area (Å²) in [5.41, 5.74) is 7.39. The third kappa shape index (κ3) is 4.64. The maximum atomic E-state index is 12.4. The van der Waals surface area contributed by atoms with Gasteiger partial charge in [0.05, 0.1) is 25.1 Å². The lowest BCUT2D eigenvalue weighted by Crippen LogP contribution is -2.13. The molecule has 0 aliphatic heterocycles. The molecule has 0 bridgehead atoms.